The van der Waals surface area contributed by atoms with Gasteiger partial charge in [0.05, 0.1) is 11.9 Å². The summed E-state index contributed by atoms with van der Waals surface area (Å²) < 4.78 is 0. The number of anilines is 1. The molecule has 0 aliphatic heterocycles. The van der Waals surface area contributed by atoms with E-state index in [1.54, 1.807) is 6.08 Å². The molecule has 1 rings (SSSR count). The summed E-state index contributed by atoms with van der Waals surface area (Å²) in [6, 6.07) is 0. The van der Waals surface area contributed by atoms with Crippen molar-refractivity contribution >= 4 is 40.7 Å². The average Bonchev–Trinajstić information content (AvgIpc) is 2.74. The summed E-state index contributed by atoms with van der Waals surface area (Å²) in [6.07, 6.45) is 3.17. The van der Waals surface area contributed by atoms with Gasteiger partial charge in [0.1, 0.15) is 12.3 Å². The van der Waals surface area contributed by atoms with Crippen molar-refractivity contribution in [2.75, 3.05) is 23.9 Å². The van der Waals surface area contributed by atoms with E-state index in [2.05, 4.69) is 32.1 Å². The number of carbonyl (C=O) groups is 1. The molecule has 1 aromatic rings. The maximum absolute atomic E-state index is 11.9. The van der Waals surface area contributed by atoms with E-state index in [-0.39, 0.29) is 16.8 Å². The molecule has 0 aliphatic rings. The zero-order valence-electron chi connectivity index (χ0n) is 9.77. The molecular formula is C10H13ClN4O2S. The van der Waals surface area contributed by atoms with E-state index < -0.39 is 0 Å². The summed E-state index contributed by atoms with van der Waals surface area (Å²) in [5.74, 6) is 0.764. The van der Waals surface area contributed by atoms with Crippen LogP contribution < -0.4 is 5.32 Å². The van der Waals surface area contributed by atoms with Crippen molar-refractivity contribution in [2.24, 2.45) is 5.16 Å². The van der Waals surface area contributed by atoms with E-state index in [1.165, 1.54) is 25.1 Å². The molecule has 0 bridgehead atoms. The Morgan fingerprint density at radius 1 is 1.83 bits per heavy atom. The van der Waals surface area contributed by atoms with Crippen LogP contribution in [0.3, 0.4) is 0 Å². The van der Waals surface area contributed by atoms with Gasteiger partial charge in [-0.2, -0.15) is 16.9 Å². The number of nitrogens with one attached hydrogen (secondary N) is 2. The van der Waals surface area contributed by atoms with E-state index in [9.17, 15) is 4.79 Å². The molecule has 0 saturated heterocycles. The fourth-order valence-electron chi connectivity index (χ4n) is 1.03. The second kappa shape index (κ2) is 7.78. The Morgan fingerprint density at radius 2 is 2.61 bits per heavy atom. The molecule has 6 nitrogen and oxygen atoms in total. The number of rotatable bonds is 7. The lowest BCUT2D eigenvalue weighted by atomic mass is 10.4. The Labute approximate surface area is 114 Å². The zero-order chi connectivity index (χ0) is 13.4. The normalized spacial score (nSPS) is 11.1. The van der Waals surface area contributed by atoms with Crippen LogP contribution in [0.5, 0.6) is 0 Å². The fraction of sp³-hybridized carbons (Fsp3) is 0.300. The van der Waals surface area contributed by atoms with Gasteiger partial charge in [0.25, 0.3) is 5.91 Å². The molecule has 0 aliphatic carbocycles. The topological polar surface area (TPSA) is 79.4 Å². The first-order valence-electron chi connectivity index (χ1n) is 4.98. The van der Waals surface area contributed by atoms with E-state index in [0.717, 1.165) is 5.75 Å². The summed E-state index contributed by atoms with van der Waals surface area (Å²) in [5, 5.41) is 12.7. The lowest BCUT2D eigenvalue weighted by Crippen LogP contribution is -2.25. The van der Waals surface area contributed by atoms with Crippen LogP contribution in [0.25, 0.3) is 0 Å². The summed E-state index contributed by atoms with van der Waals surface area (Å²) in [5.41, 5.74) is 0.667. The van der Waals surface area contributed by atoms with Crippen molar-refractivity contribution in [2.45, 2.75) is 0 Å². The van der Waals surface area contributed by atoms with Gasteiger partial charge in [-0.25, -0.2) is 0 Å². The van der Waals surface area contributed by atoms with Crippen LogP contribution in [0.2, 0.25) is 5.15 Å². The highest BCUT2D eigenvalue weighted by Gasteiger charge is 2.14. The molecular weight excluding hydrogens is 276 g/mol. The van der Waals surface area contributed by atoms with Crippen LogP contribution in [-0.2, 0) is 9.63 Å². The van der Waals surface area contributed by atoms with Crippen molar-refractivity contribution < 1.29 is 9.63 Å². The summed E-state index contributed by atoms with van der Waals surface area (Å²) in [4.78, 5) is 16.5. The number of halogens is 1. The maximum atomic E-state index is 11.9. The summed E-state index contributed by atoms with van der Waals surface area (Å²) in [7, 11) is 1.39. The second-order valence-corrected chi connectivity index (χ2v) is 4.48. The highest BCUT2D eigenvalue weighted by molar-refractivity contribution is 8.00. The van der Waals surface area contributed by atoms with Gasteiger partial charge in [0, 0.05) is 11.5 Å². The molecule has 18 heavy (non-hydrogen) atoms. The molecule has 0 atom stereocenters. The summed E-state index contributed by atoms with van der Waals surface area (Å²) in [6.45, 7) is 3.60. The average molecular weight is 289 g/mol. The van der Waals surface area contributed by atoms with Gasteiger partial charge in [-0.1, -0.05) is 22.8 Å². The first kappa shape index (κ1) is 14.6. The van der Waals surface area contributed by atoms with Gasteiger partial charge in [-0.05, 0) is 0 Å². The minimum Gasteiger partial charge on any atom is -0.399 e. The SMILES string of the molecule is C=CCSCC(=NOC)C(=O)Nc1cn[nH]c1Cl. The van der Waals surface area contributed by atoms with Gasteiger partial charge >= 0.3 is 0 Å². The fourth-order valence-corrected chi connectivity index (χ4v) is 1.84. The molecule has 2 N–H and O–H groups in total. The molecule has 1 amide bonds. The lowest BCUT2D eigenvalue weighted by Gasteiger charge is -2.05. The van der Waals surface area contributed by atoms with E-state index in [0.29, 0.717) is 11.4 Å². The Balaban J connectivity index is 2.63. The molecule has 0 fully saturated rings. The number of hydrogen-bond acceptors (Lipinski definition) is 5. The first-order chi connectivity index (χ1) is 8.69. The Hall–Kier alpha value is -1.47. The van der Waals surface area contributed by atoms with Crippen molar-refractivity contribution in [1.82, 2.24) is 10.2 Å². The van der Waals surface area contributed by atoms with Gasteiger partial charge in [-0.15, -0.1) is 6.58 Å². The number of aromatic nitrogens is 2. The number of aromatic amines is 1. The smallest absolute Gasteiger partial charge is 0.274 e. The number of carbonyl (C=O) groups excluding carboxylic acids is 1. The number of amides is 1. The minimum absolute atomic E-state index is 0.263. The van der Waals surface area contributed by atoms with Gasteiger partial charge in [0.15, 0.2) is 5.71 Å². The molecule has 98 valence electrons. The number of H-pyrrole nitrogens is 1. The third-order valence-electron chi connectivity index (χ3n) is 1.78. The Kier molecular flexibility index (Phi) is 6.31. The van der Waals surface area contributed by atoms with E-state index in [1.807, 2.05) is 0 Å². The number of oxime groups is 1. The van der Waals surface area contributed by atoms with Crippen LogP contribution in [0.4, 0.5) is 5.69 Å². The van der Waals surface area contributed by atoms with E-state index in [4.69, 9.17) is 11.6 Å². The molecule has 1 heterocycles. The van der Waals surface area contributed by atoms with Gasteiger partial charge in [-0.3, -0.25) is 9.89 Å². The van der Waals surface area contributed by atoms with Gasteiger partial charge in [0.2, 0.25) is 0 Å². The van der Waals surface area contributed by atoms with Gasteiger partial charge < -0.3 is 10.2 Å². The molecule has 0 aromatic carbocycles. The highest BCUT2D eigenvalue weighted by Crippen LogP contribution is 2.17. The summed E-state index contributed by atoms with van der Waals surface area (Å²) >= 11 is 7.27. The monoisotopic (exact) mass is 288 g/mol. The third kappa shape index (κ3) is 4.42. The van der Waals surface area contributed by atoms with Crippen LogP contribution in [0, 0.1) is 0 Å². The molecule has 1 aromatic heterocycles. The second-order valence-electron chi connectivity index (χ2n) is 3.08. The standard InChI is InChI=1S/C10H13ClN4O2S/c1-3-4-18-6-8(15-17-2)10(16)13-7-5-12-14-9(7)11/h3,5H,1,4,6H2,2H3,(H,12,14)(H,13,16). The number of hydrogen-bond donors (Lipinski definition) is 2. The third-order valence-corrected chi connectivity index (χ3v) is 3.02. The molecule has 0 spiro atoms. The zero-order valence-corrected chi connectivity index (χ0v) is 11.3. The van der Waals surface area contributed by atoms with Crippen molar-refractivity contribution in [1.29, 1.82) is 0 Å². The van der Waals surface area contributed by atoms with Crippen molar-refractivity contribution in [3.05, 3.63) is 24.0 Å². The minimum atomic E-state index is -0.378. The quantitative estimate of drug-likeness (QED) is 0.348. The largest absolute Gasteiger partial charge is 0.399 e. The van der Waals surface area contributed by atoms with Crippen molar-refractivity contribution in [3.63, 3.8) is 0 Å². The predicted octanol–water partition coefficient (Wildman–Crippen LogP) is 1.92. The molecule has 0 saturated carbocycles. The van der Waals surface area contributed by atoms with Crippen molar-refractivity contribution in [3.8, 4) is 0 Å². The highest BCUT2D eigenvalue weighted by atomic mass is 35.5. The van der Waals surface area contributed by atoms with Crippen LogP contribution in [0.1, 0.15) is 0 Å². The number of thioether (sulfide) groups is 1. The Bertz CT molecular complexity index is 447. The predicted molar refractivity (Wildman–Crippen MR) is 74.2 cm³/mol. The number of nitrogens with zero attached hydrogens (tertiary/aromatic N) is 2. The molecule has 0 unspecified atom stereocenters. The Morgan fingerprint density at radius 3 is 3.17 bits per heavy atom. The van der Waals surface area contributed by atoms with Crippen LogP contribution >= 0.6 is 23.4 Å². The molecule has 8 heteroatoms. The first-order valence-corrected chi connectivity index (χ1v) is 6.51. The lowest BCUT2D eigenvalue weighted by molar-refractivity contribution is -0.110. The van der Waals surface area contributed by atoms with Crippen LogP contribution in [-0.4, -0.2) is 40.4 Å². The van der Waals surface area contributed by atoms with E-state index >= 15 is 0 Å². The maximum Gasteiger partial charge on any atom is 0.274 e. The van der Waals surface area contributed by atoms with Crippen LogP contribution in [0.15, 0.2) is 24.0 Å². The molecule has 0 radical (unpaired) electrons.